The van der Waals surface area contributed by atoms with Gasteiger partial charge in [0.2, 0.25) is 0 Å². The van der Waals surface area contributed by atoms with Crippen molar-refractivity contribution in [1.82, 2.24) is 0 Å². The van der Waals surface area contributed by atoms with Gasteiger partial charge in [0.1, 0.15) is 12.0 Å². The molecule has 10 heavy (non-hydrogen) atoms. The Labute approximate surface area is 59.2 Å². The van der Waals surface area contributed by atoms with Crippen LogP contribution in [0.2, 0.25) is 0 Å². The van der Waals surface area contributed by atoms with E-state index in [9.17, 15) is 4.79 Å². The summed E-state index contributed by atoms with van der Waals surface area (Å²) in [5.74, 6) is -0.366. The van der Waals surface area contributed by atoms with Crippen molar-refractivity contribution in [2.75, 3.05) is 0 Å². The number of aliphatic hydroxyl groups is 1. The number of carbonyl (C=O) groups is 1. The number of hydrogen-bond donors (Lipinski definition) is 1. The third-order valence-corrected chi connectivity index (χ3v) is 1.30. The van der Waals surface area contributed by atoms with Gasteiger partial charge in [0, 0.05) is 0 Å². The quantitative estimate of drug-likeness (QED) is 0.553. The van der Waals surface area contributed by atoms with Crippen LogP contribution >= 0.6 is 0 Å². The van der Waals surface area contributed by atoms with Gasteiger partial charge in [0.25, 0.3) is 0 Å². The van der Waals surface area contributed by atoms with Crippen LogP contribution in [0.15, 0.2) is 36.1 Å². The molecule has 0 saturated carbocycles. The molecular formula is C8H8O2. The van der Waals surface area contributed by atoms with Crippen LogP contribution in [0.4, 0.5) is 0 Å². The van der Waals surface area contributed by atoms with Crippen molar-refractivity contribution in [2.24, 2.45) is 5.92 Å². The molecule has 0 heterocycles. The SMILES string of the molecule is O=CC1C=CC=CC=C1O. The van der Waals surface area contributed by atoms with E-state index in [2.05, 4.69) is 0 Å². The van der Waals surface area contributed by atoms with Gasteiger partial charge in [-0.1, -0.05) is 24.3 Å². The Morgan fingerprint density at radius 2 is 2.20 bits per heavy atom. The minimum Gasteiger partial charge on any atom is -0.511 e. The van der Waals surface area contributed by atoms with E-state index in [-0.39, 0.29) is 5.76 Å². The lowest BCUT2D eigenvalue weighted by Gasteiger charge is -1.99. The largest absolute Gasteiger partial charge is 0.511 e. The van der Waals surface area contributed by atoms with Crippen LogP contribution in [0.1, 0.15) is 0 Å². The summed E-state index contributed by atoms with van der Waals surface area (Å²) >= 11 is 0. The third-order valence-electron chi connectivity index (χ3n) is 1.30. The lowest BCUT2D eigenvalue weighted by Crippen LogP contribution is -2.00. The Hall–Kier alpha value is -1.31. The van der Waals surface area contributed by atoms with Crippen molar-refractivity contribution in [3.05, 3.63) is 36.1 Å². The molecule has 0 amide bonds. The highest BCUT2D eigenvalue weighted by Crippen LogP contribution is 2.09. The molecule has 0 aromatic carbocycles. The first-order chi connectivity index (χ1) is 4.84. The maximum Gasteiger partial charge on any atom is 0.134 e. The molecule has 2 nitrogen and oxygen atoms in total. The van der Waals surface area contributed by atoms with Gasteiger partial charge in [-0.3, -0.25) is 0 Å². The molecule has 1 aliphatic rings. The van der Waals surface area contributed by atoms with Crippen LogP contribution in [-0.2, 0) is 4.79 Å². The lowest BCUT2D eigenvalue weighted by atomic mass is 10.1. The molecule has 0 aromatic rings. The molecule has 0 aromatic heterocycles. The summed E-state index contributed by atoms with van der Waals surface area (Å²) in [4.78, 5) is 10.2. The first-order valence-electron chi connectivity index (χ1n) is 3.04. The summed E-state index contributed by atoms with van der Waals surface area (Å²) in [6.45, 7) is 0. The molecule has 0 radical (unpaired) electrons. The molecule has 1 atom stereocenters. The Morgan fingerprint density at radius 1 is 1.40 bits per heavy atom. The molecule has 0 fully saturated rings. The second kappa shape index (κ2) is 3.01. The van der Waals surface area contributed by atoms with Gasteiger partial charge in [-0.05, 0) is 6.08 Å². The first-order valence-corrected chi connectivity index (χ1v) is 3.04. The summed E-state index contributed by atoms with van der Waals surface area (Å²) in [5, 5.41) is 9.08. The van der Waals surface area contributed by atoms with E-state index < -0.39 is 5.92 Å². The van der Waals surface area contributed by atoms with Crippen molar-refractivity contribution < 1.29 is 9.90 Å². The number of allylic oxidation sites excluding steroid dienone is 5. The zero-order chi connectivity index (χ0) is 7.40. The van der Waals surface area contributed by atoms with Crippen molar-refractivity contribution in [2.45, 2.75) is 0 Å². The number of rotatable bonds is 1. The average Bonchev–Trinajstić information content (AvgIpc) is 2.13. The molecular weight excluding hydrogens is 128 g/mol. The Bertz CT molecular complexity index is 211. The molecule has 1 N–H and O–H groups in total. The van der Waals surface area contributed by atoms with Crippen LogP contribution in [0.3, 0.4) is 0 Å². The molecule has 1 rings (SSSR count). The summed E-state index contributed by atoms with van der Waals surface area (Å²) < 4.78 is 0. The highest BCUT2D eigenvalue weighted by molar-refractivity contribution is 5.61. The van der Waals surface area contributed by atoms with Crippen molar-refractivity contribution in [3.63, 3.8) is 0 Å². The lowest BCUT2D eigenvalue weighted by molar-refractivity contribution is -0.109. The fraction of sp³-hybridized carbons (Fsp3) is 0.125. The zero-order valence-corrected chi connectivity index (χ0v) is 5.40. The number of aldehydes is 1. The van der Waals surface area contributed by atoms with Crippen molar-refractivity contribution in [1.29, 1.82) is 0 Å². The van der Waals surface area contributed by atoms with Crippen molar-refractivity contribution in [3.8, 4) is 0 Å². The summed E-state index contributed by atoms with van der Waals surface area (Å²) in [5.41, 5.74) is 0. The van der Waals surface area contributed by atoms with Crippen molar-refractivity contribution >= 4 is 6.29 Å². The monoisotopic (exact) mass is 136 g/mol. The maximum absolute atomic E-state index is 10.2. The Kier molecular flexibility index (Phi) is 2.05. The molecule has 1 aliphatic carbocycles. The van der Waals surface area contributed by atoms with Gasteiger partial charge in [-0.2, -0.15) is 0 Å². The van der Waals surface area contributed by atoms with E-state index >= 15 is 0 Å². The maximum atomic E-state index is 10.2. The minimum absolute atomic E-state index is 0.0972. The fourth-order valence-electron chi connectivity index (χ4n) is 0.727. The van der Waals surface area contributed by atoms with E-state index in [1.165, 1.54) is 6.08 Å². The molecule has 0 saturated heterocycles. The minimum atomic E-state index is -0.463. The van der Waals surface area contributed by atoms with E-state index in [1.807, 2.05) is 0 Å². The summed E-state index contributed by atoms with van der Waals surface area (Å²) in [6, 6.07) is 0. The van der Waals surface area contributed by atoms with Crippen LogP contribution in [0, 0.1) is 5.92 Å². The molecule has 0 aliphatic heterocycles. The van der Waals surface area contributed by atoms with E-state index in [4.69, 9.17) is 5.11 Å². The predicted octanol–water partition coefficient (Wildman–Crippen LogP) is 1.37. The van der Waals surface area contributed by atoms with Gasteiger partial charge >= 0.3 is 0 Å². The molecule has 2 heteroatoms. The van der Waals surface area contributed by atoms with Crippen LogP contribution in [0.5, 0.6) is 0 Å². The van der Waals surface area contributed by atoms with Gasteiger partial charge in [-0.15, -0.1) is 0 Å². The van der Waals surface area contributed by atoms with Gasteiger partial charge in [-0.25, -0.2) is 0 Å². The normalized spacial score (nSPS) is 23.6. The predicted molar refractivity (Wildman–Crippen MR) is 38.5 cm³/mol. The van der Waals surface area contributed by atoms with E-state index in [0.717, 1.165) is 0 Å². The Balaban J connectivity index is 2.84. The van der Waals surface area contributed by atoms with Crippen LogP contribution in [-0.4, -0.2) is 11.4 Å². The second-order valence-corrected chi connectivity index (χ2v) is 2.02. The second-order valence-electron chi connectivity index (χ2n) is 2.02. The Morgan fingerprint density at radius 3 is 2.90 bits per heavy atom. The third kappa shape index (κ3) is 1.35. The first kappa shape index (κ1) is 6.81. The summed E-state index contributed by atoms with van der Waals surface area (Å²) in [6.07, 6.45) is 9.05. The van der Waals surface area contributed by atoms with Gasteiger partial charge in [0.15, 0.2) is 0 Å². The molecule has 1 unspecified atom stereocenters. The highest BCUT2D eigenvalue weighted by atomic mass is 16.3. The zero-order valence-electron chi connectivity index (χ0n) is 5.40. The molecule has 0 spiro atoms. The summed E-state index contributed by atoms with van der Waals surface area (Å²) in [7, 11) is 0. The smallest absolute Gasteiger partial charge is 0.134 e. The van der Waals surface area contributed by atoms with Crippen LogP contribution in [0.25, 0.3) is 0 Å². The molecule has 52 valence electrons. The van der Waals surface area contributed by atoms with Gasteiger partial charge < -0.3 is 9.90 Å². The highest BCUT2D eigenvalue weighted by Gasteiger charge is 2.07. The topological polar surface area (TPSA) is 37.3 Å². The van der Waals surface area contributed by atoms with E-state index in [0.29, 0.717) is 6.29 Å². The van der Waals surface area contributed by atoms with Crippen LogP contribution < -0.4 is 0 Å². The molecule has 0 bridgehead atoms. The number of aliphatic hydroxyl groups excluding tert-OH is 1. The number of hydrogen-bond acceptors (Lipinski definition) is 2. The number of carbonyl (C=O) groups excluding carboxylic acids is 1. The standard InChI is InChI=1S/C8H8O2/c9-6-7-4-2-1-3-5-8(7)10/h1-7,10H. The van der Waals surface area contributed by atoms with E-state index in [1.54, 1.807) is 24.3 Å². The fourth-order valence-corrected chi connectivity index (χ4v) is 0.727. The van der Waals surface area contributed by atoms with Gasteiger partial charge in [0.05, 0.1) is 5.92 Å². The average molecular weight is 136 g/mol.